The molecule has 0 spiro atoms. The van der Waals surface area contributed by atoms with Gasteiger partial charge in [0.15, 0.2) is 5.65 Å². The van der Waals surface area contributed by atoms with Gasteiger partial charge in [0.2, 0.25) is 0 Å². The molecule has 2 N–H and O–H groups in total. The molecule has 2 amide bonds. The van der Waals surface area contributed by atoms with Crippen LogP contribution in [0.5, 0.6) is 0 Å². The lowest BCUT2D eigenvalue weighted by molar-refractivity contribution is -0.00275. The number of urea groups is 1. The Labute approximate surface area is 195 Å². The maximum Gasteiger partial charge on any atom is 0.317 e. The van der Waals surface area contributed by atoms with Gasteiger partial charge in [0.05, 0.1) is 17.8 Å². The topological polar surface area (TPSA) is 83.1 Å². The summed E-state index contributed by atoms with van der Waals surface area (Å²) in [5.74, 6) is 0.977. The van der Waals surface area contributed by atoms with Crippen molar-refractivity contribution in [3.8, 4) is 0 Å². The Hall–Kier alpha value is -2.67. The monoisotopic (exact) mass is 449 g/mol. The zero-order valence-electron chi connectivity index (χ0n) is 19.7. The average Bonchev–Trinajstić information content (AvgIpc) is 3.28. The second-order valence-corrected chi connectivity index (χ2v) is 10.1. The van der Waals surface area contributed by atoms with E-state index < -0.39 is 0 Å². The molecule has 1 saturated carbocycles. The quantitative estimate of drug-likeness (QED) is 0.575. The highest BCUT2D eigenvalue weighted by Gasteiger charge is 2.29. The molecule has 2 fully saturated rings. The predicted molar refractivity (Wildman–Crippen MR) is 130 cm³/mol. The van der Waals surface area contributed by atoms with E-state index in [4.69, 9.17) is 4.74 Å². The fourth-order valence-corrected chi connectivity index (χ4v) is 5.37. The smallest absolute Gasteiger partial charge is 0.317 e. The maximum absolute atomic E-state index is 12.9. The number of hydrogen-bond donors (Lipinski definition) is 2. The summed E-state index contributed by atoms with van der Waals surface area (Å²) in [6, 6.07) is 4.48. The van der Waals surface area contributed by atoms with Crippen LogP contribution < -0.4 is 5.32 Å². The number of ether oxygens (including phenoxy) is 1. The van der Waals surface area contributed by atoms with Gasteiger partial charge in [-0.3, -0.25) is 0 Å². The van der Waals surface area contributed by atoms with Crippen LogP contribution in [0.1, 0.15) is 63.9 Å². The first-order valence-electron chi connectivity index (χ1n) is 12.5. The Morgan fingerprint density at radius 1 is 1.21 bits per heavy atom. The van der Waals surface area contributed by atoms with Crippen LogP contribution in [-0.2, 0) is 4.74 Å². The molecule has 0 radical (unpaired) electrons. The highest BCUT2D eigenvalue weighted by Crippen LogP contribution is 2.38. The minimum atomic E-state index is 0.0717. The number of rotatable bonds is 5. The van der Waals surface area contributed by atoms with Crippen LogP contribution in [0.3, 0.4) is 0 Å². The number of pyridine rings is 2. The van der Waals surface area contributed by atoms with Crippen molar-refractivity contribution in [1.82, 2.24) is 25.2 Å². The molecule has 5 rings (SSSR count). The minimum Gasteiger partial charge on any atom is -0.376 e. The van der Waals surface area contributed by atoms with Gasteiger partial charge in [-0.1, -0.05) is 19.9 Å². The molecule has 1 atom stereocenters. The summed E-state index contributed by atoms with van der Waals surface area (Å²) in [5.41, 5.74) is 3.16. The van der Waals surface area contributed by atoms with Crippen molar-refractivity contribution in [3.05, 3.63) is 36.3 Å². The largest absolute Gasteiger partial charge is 0.376 e. The van der Waals surface area contributed by atoms with Gasteiger partial charge in [-0.05, 0) is 62.0 Å². The average molecular weight is 450 g/mol. The molecule has 3 aromatic heterocycles. The van der Waals surface area contributed by atoms with Crippen molar-refractivity contribution < 1.29 is 9.53 Å². The van der Waals surface area contributed by atoms with Crippen LogP contribution in [-0.4, -0.2) is 57.7 Å². The van der Waals surface area contributed by atoms with E-state index in [1.807, 2.05) is 29.6 Å². The molecule has 1 aliphatic carbocycles. The third kappa shape index (κ3) is 4.83. The van der Waals surface area contributed by atoms with E-state index in [2.05, 4.69) is 40.2 Å². The molecule has 0 aromatic carbocycles. The van der Waals surface area contributed by atoms with Crippen molar-refractivity contribution in [3.63, 3.8) is 0 Å². The number of aromatic amines is 1. The van der Waals surface area contributed by atoms with E-state index >= 15 is 0 Å². The van der Waals surface area contributed by atoms with Crippen molar-refractivity contribution in [1.29, 1.82) is 0 Å². The zero-order valence-corrected chi connectivity index (χ0v) is 19.7. The molecule has 1 saturated heterocycles. The molecule has 176 valence electrons. The molecule has 4 heterocycles. The number of nitrogens with zero attached hydrogens (tertiary/aromatic N) is 3. The third-order valence-corrected chi connectivity index (χ3v) is 7.14. The lowest BCUT2D eigenvalue weighted by Crippen LogP contribution is -2.51. The van der Waals surface area contributed by atoms with E-state index in [1.54, 1.807) is 0 Å². The zero-order chi connectivity index (χ0) is 22.8. The van der Waals surface area contributed by atoms with E-state index in [0.29, 0.717) is 18.4 Å². The Morgan fingerprint density at radius 3 is 2.85 bits per heavy atom. The Morgan fingerprint density at radius 2 is 2.03 bits per heavy atom. The summed E-state index contributed by atoms with van der Waals surface area (Å²) in [4.78, 5) is 27.3. The van der Waals surface area contributed by atoms with Crippen molar-refractivity contribution in [2.24, 2.45) is 5.92 Å². The molecule has 7 nitrogen and oxygen atoms in total. The number of hydrogen-bond acceptors (Lipinski definition) is 4. The van der Waals surface area contributed by atoms with E-state index in [1.165, 1.54) is 16.3 Å². The van der Waals surface area contributed by atoms with Gasteiger partial charge in [-0.25, -0.2) is 14.8 Å². The third-order valence-electron chi connectivity index (χ3n) is 7.14. The van der Waals surface area contributed by atoms with Crippen LogP contribution in [0, 0.1) is 5.92 Å². The van der Waals surface area contributed by atoms with Crippen molar-refractivity contribution >= 4 is 28.0 Å². The predicted octanol–water partition coefficient (Wildman–Crippen LogP) is 4.98. The fourth-order valence-electron chi connectivity index (χ4n) is 5.37. The molecular weight excluding hydrogens is 414 g/mol. The van der Waals surface area contributed by atoms with Crippen LogP contribution in [0.4, 0.5) is 4.79 Å². The number of carbonyl (C=O) groups is 1. The fraction of sp³-hybridized carbons (Fsp3) is 0.577. The van der Waals surface area contributed by atoms with Crippen molar-refractivity contribution in [2.75, 3.05) is 19.7 Å². The normalized spacial score (nSPS) is 24.0. The van der Waals surface area contributed by atoms with Crippen LogP contribution in [0.25, 0.3) is 21.9 Å². The number of likely N-dealkylation sites (tertiary alicyclic amines) is 1. The van der Waals surface area contributed by atoms with Gasteiger partial charge >= 0.3 is 6.03 Å². The SMILES string of the molecule is CC(C)COC1CCCN(C(=O)NC2CCC(c3cnc4ncc5[nH]cccc5c34)CC2)C1. The molecule has 1 aliphatic heterocycles. The van der Waals surface area contributed by atoms with Gasteiger partial charge in [-0.15, -0.1) is 0 Å². The molecule has 1 unspecified atom stereocenters. The minimum absolute atomic E-state index is 0.0717. The number of amides is 2. The maximum atomic E-state index is 12.9. The highest BCUT2D eigenvalue weighted by atomic mass is 16.5. The van der Waals surface area contributed by atoms with Crippen molar-refractivity contribution in [2.45, 2.75) is 70.4 Å². The standard InChI is InChI=1S/C26H35N5O2/c1-17(2)16-33-20-5-4-12-31(15-20)26(32)30-19-9-7-18(8-10-19)22-13-28-25-24(22)21-6-3-11-27-23(21)14-29-25/h3,6,11,13-14,17-20,27H,4-5,7-10,12,15-16H2,1-2H3,(H,30,32). The van der Waals surface area contributed by atoms with Crippen LogP contribution in [0.15, 0.2) is 30.7 Å². The molecule has 2 aliphatic rings. The number of carbonyl (C=O) groups excluding carboxylic acids is 1. The number of nitrogens with one attached hydrogen (secondary N) is 2. The summed E-state index contributed by atoms with van der Waals surface area (Å²) in [5, 5.41) is 5.67. The molecule has 7 heteroatoms. The summed E-state index contributed by atoms with van der Waals surface area (Å²) in [7, 11) is 0. The highest BCUT2D eigenvalue weighted by molar-refractivity contribution is 6.05. The summed E-state index contributed by atoms with van der Waals surface area (Å²) in [6.07, 6.45) is 12.1. The molecule has 33 heavy (non-hydrogen) atoms. The summed E-state index contributed by atoms with van der Waals surface area (Å²) >= 11 is 0. The number of fused-ring (bicyclic) bond motifs is 3. The first-order chi connectivity index (χ1) is 16.1. The molecular formula is C26H35N5O2. The Kier molecular flexibility index (Phi) is 6.49. The van der Waals surface area contributed by atoms with Crippen LogP contribution in [0.2, 0.25) is 0 Å². The van der Waals surface area contributed by atoms with Gasteiger partial charge < -0.3 is 19.9 Å². The molecule has 0 bridgehead atoms. The Balaban J connectivity index is 1.19. The number of H-pyrrole nitrogens is 1. The first kappa shape index (κ1) is 22.1. The number of piperidine rings is 1. The molecule has 3 aromatic rings. The van der Waals surface area contributed by atoms with Crippen LogP contribution >= 0.6 is 0 Å². The number of aromatic nitrogens is 3. The second kappa shape index (κ2) is 9.67. The second-order valence-electron chi connectivity index (χ2n) is 10.1. The van der Waals surface area contributed by atoms with Gasteiger partial charge in [-0.2, -0.15) is 0 Å². The Bertz CT molecular complexity index is 1100. The first-order valence-corrected chi connectivity index (χ1v) is 12.5. The lowest BCUT2D eigenvalue weighted by Gasteiger charge is -2.35. The summed E-state index contributed by atoms with van der Waals surface area (Å²) in [6.45, 7) is 6.62. The van der Waals surface area contributed by atoms with Gasteiger partial charge in [0, 0.05) is 48.9 Å². The lowest BCUT2D eigenvalue weighted by atomic mass is 9.81. The van der Waals surface area contributed by atoms with E-state index in [9.17, 15) is 4.79 Å². The van der Waals surface area contributed by atoms with E-state index in [-0.39, 0.29) is 18.2 Å². The summed E-state index contributed by atoms with van der Waals surface area (Å²) < 4.78 is 6.00. The van der Waals surface area contributed by atoms with Gasteiger partial charge in [0.25, 0.3) is 0 Å². The van der Waals surface area contributed by atoms with Gasteiger partial charge in [0.1, 0.15) is 0 Å². The van der Waals surface area contributed by atoms with E-state index in [0.717, 1.165) is 62.8 Å².